The summed E-state index contributed by atoms with van der Waals surface area (Å²) in [5, 5.41) is 7.13. The first kappa shape index (κ1) is 14.7. The first-order valence-corrected chi connectivity index (χ1v) is 6.80. The minimum atomic E-state index is -0.547. The molecule has 0 aliphatic heterocycles. The third-order valence-electron chi connectivity index (χ3n) is 2.89. The first-order valence-electron chi connectivity index (χ1n) is 6.01. The fourth-order valence-electron chi connectivity index (χ4n) is 1.81. The number of benzene rings is 1. The highest BCUT2D eigenvalue weighted by Gasteiger charge is 2.21. The molecule has 20 heavy (non-hydrogen) atoms. The number of hydrogen-bond donors (Lipinski definition) is 1. The second-order valence-corrected chi connectivity index (χ2v) is 5.11. The van der Waals surface area contributed by atoms with Gasteiger partial charge in [-0.15, -0.1) is 0 Å². The van der Waals surface area contributed by atoms with Crippen molar-refractivity contribution in [3.8, 4) is 0 Å². The molecule has 0 spiro atoms. The lowest BCUT2D eigenvalue weighted by molar-refractivity contribution is -0.143. The van der Waals surface area contributed by atoms with E-state index in [1.165, 1.54) is 13.4 Å². The molecule has 2 aromatic rings. The number of rotatable bonds is 5. The van der Waals surface area contributed by atoms with E-state index >= 15 is 0 Å². The minimum absolute atomic E-state index is 0.342. The van der Waals surface area contributed by atoms with Gasteiger partial charge in [-0.2, -0.15) is 5.10 Å². The molecule has 0 unspecified atom stereocenters. The zero-order valence-electron chi connectivity index (χ0n) is 11.2. The Morgan fingerprint density at radius 2 is 2.35 bits per heavy atom. The molecular weight excluding hydrogens is 324 g/mol. The topological polar surface area (TPSA) is 69.0 Å². The van der Waals surface area contributed by atoms with Crippen molar-refractivity contribution in [3.63, 3.8) is 0 Å². The van der Waals surface area contributed by atoms with Gasteiger partial charge in [-0.05, 0) is 17.7 Å². The van der Waals surface area contributed by atoms with Crippen LogP contribution in [0.5, 0.6) is 0 Å². The Bertz CT molecular complexity index is 600. The molecule has 0 saturated carbocycles. The fourth-order valence-corrected chi connectivity index (χ4v) is 2.23. The number of aryl methyl sites for hydroxylation is 1. The highest BCUT2D eigenvalue weighted by atomic mass is 79.9. The molecule has 0 radical (unpaired) electrons. The van der Waals surface area contributed by atoms with Crippen LogP contribution in [0.2, 0.25) is 0 Å². The van der Waals surface area contributed by atoms with E-state index in [4.69, 9.17) is 4.74 Å². The molecule has 106 valence electrons. The molecule has 1 aromatic heterocycles. The first-order chi connectivity index (χ1) is 9.61. The van der Waals surface area contributed by atoms with Crippen molar-refractivity contribution in [3.05, 3.63) is 46.5 Å². The van der Waals surface area contributed by atoms with Gasteiger partial charge in [-0.25, -0.2) is 9.78 Å². The summed E-state index contributed by atoms with van der Waals surface area (Å²) in [5.41, 5.74) is 0.827. The molecule has 0 fully saturated rings. The summed E-state index contributed by atoms with van der Waals surface area (Å²) in [7, 11) is 3.17. The zero-order valence-corrected chi connectivity index (χ0v) is 12.8. The van der Waals surface area contributed by atoms with E-state index in [1.54, 1.807) is 11.7 Å². The Morgan fingerprint density at radius 3 is 2.95 bits per heavy atom. The number of hydrogen-bond acceptors (Lipinski definition) is 5. The second-order valence-electron chi connectivity index (χ2n) is 4.19. The van der Waals surface area contributed by atoms with Crippen LogP contribution in [-0.4, -0.2) is 27.8 Å². The van der Waals surface area contributed by atoms with Crippen LogP contribution in [0.4, 0.5) is 0 Å². The molecule has 6 nitrogen and oxygen atoms in total. The smallest absolute Gasteiger partial charge is 0.327 e. The van der Waals surface area contributed by atoms with Gasteiger partial charge in [-0.1, -0.05) is 28.1 Å². The van der Waals surface area contributed by atoms with Crippen LogP contribution < -0.4 is 5.32 Å². The molecule has 0 aliphatic carbocycles. The highest BCUT2D eigenvalue weighted by molar-refractivity contribution is 9.10. The van der Waals surface area contributed by atoms with Crippen LogP contribution in [0.1, 0.15) is 17.4 Å². The Kier molecular flexibility index (Phi) is 4.86. The third-order valence-corrected chi connectivity index (χ3v) is 3.38. The monoisotopic (exact) mass is 338 g/mol. The van der Waals surface area contributed by atoms with Crippen molar-refractivity contribution in [2.45, 2.75) is 12.6 Å². The fraction of sp³-hybridized carbons (Fsp3) is 0.308. The molecule has 7 heteroatoms. The molecule has 0 amide bonds. The maximum atomic E-state index is 11.9. The summed E-state index contributed by atoms with van der Waals surface area (Å²) in [4.78, 5) is 16.0. The summed E-state index contributed by atoms with van der Waals surface area (Å²) in [6.45, 7) is 0.419. The number of methoxy groups -OCH3 is 1. The molecule has 1 atom stereocenters. The number of halogens is 1. The second kappa shape index (κ2) is 6.62. The molecule has 0 aliphatic rings. The molecule has 0 bridgehead atoms. The minimum Gasteiger partial charge on any atom is -0.468 e. The summed E-state index contributed by atoms with van der Waals surface area (Å²) in [6.07, 6.45) is 1.48. The van der Waals surface area contributed by atoms with Gasteiger partial charge in [0, 0.05) is 11.5 Å². The van der Waals surface area contributed by atoms with Crippen LogP contribution in [0.25, 0.3) is 0 Å². The summed E-state index contributed by atoms with van der Waals surface area (Å²) in [6, 6.07) is 6.98. The summed E-state index contributed by atoms with van der Waals surface area (Å²) in [5.74, 6) is 0.402. The molecule has 1 aromatic carbocycles. The van der Waals surface area contributed by atoms with Crippen molar-refractivity contribution < 1.29 is 9.53 Å². The number of carbonyl (C=O) groups excluding carboxylic acids is 1. The van der Waals surface area contributed by atoms with Crippen LogP contribution in [0.3, 0.4) is 0 Å². The molecule has 1 N–H and O–H groups in total. The maximum absolute atomic E-state index is 11.9. The predicted octanol–water partition coefficient (Wildman–Crippen LogP) is 1.58. The van der Waals surface area contributed by atoms with E-state index in [0.29, 0.717) is 6.54 Å². The van der Waals surface area contributed by atoms with Gasteiger partial charge in [-0.3, -0.25) is 10.00 Å². The lowest BCUT2D eigenvalue weighted by Gasteiger charge is -2.16. The molecule has 1 heterocycles. The van der Waals surface area contributed by atoms with Gasteiger partial charge >= 0.3 is 5.97 Å². The summed E-state index contributed by atoms with van der Waals surface area (Å²) < 4.78 is 7.41. The highest BCUT2D eigenvalue weighted by Crippen LogP contribution is 2.19. The number of esters is 1. The van der Waals surface area contributed by atoms with Crippen LogP contribution in [0, 0.1) is 0 Å². The quantitative estimate of drug-likeness (QED) is 0.838. The molecular formula is C13H15BrN4O2. The van der Waals surface area contributed by atoms with Crippen LogP contribution in [0.15, 0.2) is 35.1 Å². The van der Waals surface area contributed by atoms with Gasteiger partial charge in [0.2, 0.25) is 0 Å². The van der Waals surface area contributed by atoms with E-state index in [2.05, 4.69) is 31.3 Å². The number of carbonyl (C=O) groups is 1. The number of aromatic nitrogens is 3. The molecule has 2 rings (SSSR count). The van der Waals surface area contributed by atoms with E-state index in [1.807, 2.05) is 24.3 Å². The van der Waals surface area contributed by atoms with Crippen molar-refractivity contribution in [2.24, 2.45) is 7.05 Å². The summed E-state index contributed by atoms with van der Waals surface area (Å²) >= 11 is 3.40. The largest absolute Gasteiger partial charge is 0.468 e. The predicted molar refractivity (Wildman–Crippen MR) is 76.7 cm³/mol. The van der Waals surface area contributed by atoms with Crippen molar-refractivity contribution >= 4 is 21.9 Å². The van der Waals surface area contributed by atoms with E-state index in [9.17, 15) is 4.79 Å². The number of nitrogens with one attached hydrogen (secondary N) is 1. The zero-order chi connectivity index (χ0) is 14.5. The maximum Gasteiger partial charge on any atom is 0.327 e. The van der Waals surface area contributed by atoms with Crippen molar-refractivity contribution in [1.29, 1.82) is 0 Å². The Labute approximate surface area is 125 Å². The van der Waals surface area contributed by atoms with Crippen molar-refractivity contribution in [1.82, 2.24) is 20.1 Å². The number of nitrogens with zero attached hydrogens (tertiary/aromatic N) is 3. The normalized spacial score (nSPS) is 12.2. The lowest BCUT2D eigenvalue weighted by Crippen LogP contribution is -2.30. The van der Waals surface area contributed by atoms with Crippen LogP contribution in [-0.2, 0) is 23.1 Å². The van der Waals surface area contributed by atoms with Gasteiger partial charge in [0.1, 0.15) is 18.2 Å². The lowest BCUT2D eigenvalue weighted by atomic mass is 10.1. The van der Waals surface area contributed by atoms with E-state index in [-0.39, 0.29) is 5.97 Å². The van der Waals surface area contributed by atoms with Crippen LogP contribution >= 0.6 is 15.9 Å². The third kappa shape index (κ3) is 3.43. The SMILES string of the molecule is COC(=O)[C@H](NCc1ncnn1C)c1cccc(Br)c1. The van der Waals surface area contributed by atoms with E-state index in [0.717, 1.165) is 15.9 Å². The average Bonchev–Trinajstić information content (AvgIpc) is 2.84. The Hall–Kier alpha value is -1.73. The van der Waals surface area contributed by atoms with Gasteiger partial charge in [0.15, 0.2) is 0 Å². The van der Waals surface area contributed by atoms with Crippen molar-refractivity contribution in [2.75, 3.05) is 7.11 Å². The molecule has 0 saturated heterocycles. The standard InChI is InChI=1S/C13H15BrN4O2/c1-18-11(16-8-17-18)7-15-12(13(19)20-2)9-4-3-5-10(14)6-9/h3-6,8,12,15H,7H2,1-2H3/t12-/m1/s1. The van der Waals surface area contributed by atoms with E-state index < -0.39 is 6.04 Å². The van der Waals surface area contributed by atoms with Gasteiger partial charge in [0.25, 0.3) is 0 Å². The van der Waals surface area contributed by atoms with Gasteiger partial charge < -0.3 is 4.74 Å². The Balaban J connectivity index is 2.16. The Morgan fingerprint density at radius 1 is 1.55 bits per heavy atom. The van der Waals surface area contributed by atoms with Gasteiger partial charge in [0.05, 0.1) is 13.7 Å². The average molecular weight is 339 g/mol. The number of ether oxygens (including phenoxy) is 1.